The van der Waals surface area contributed by atoms with Crippen LogP contribution in [0, 0.1) is 6.92 Å². The van der Waals surface area contributed by atoms with Gasteiger partial charge in [-0.25, -0.2) is 8.42 Å². The van der Waals surface area contributed by atoms with Gasteiger partial charge in [0.15, 0.2) is 6.10 Å². The molecule has 0 aliphatic carbocycles. The molecule has 0 aromatic heterocycles. The van der Waals surface area contributed by atoms with Gasteiger partial charge in [0.25, 0.3) is 5.91 Å². The highest BCUT2D eigenvalue weighted by atomic mass is 32.2. The Morgan fingerprint density at radius 1 is 1.26 bits per heavy atom. The third kappa shape index (κ3) is 4.39. The molecule has 2 aromatic carbocycles. The number of hydrogen-bond acceptors (Lipinski definition) is 5. The molecule has 0 saturated carbocycles. The van der Waals surface area contributed by atoms with Crippen molar-refractivity contribution in [3.63, 3.8) is 0 Å². The second-order valence-electron chi connectivity index (χ2n) is 6.39. The lowest BCUT2D eigenvalue weighted by atomic mass is 10.2. The van der Waals surface area contributed by atoms with Gasteiger partial charge < -0.3 is 10.1 Å². The van der Waals surface area contributed by atoms with Crippen LogP contribution in [0.5, 0.6) is 5.75 Å². The predicted octanol–water partition coefficient (Wildman–Crippen LogP) is 3.27. The van der Waals surface area contributed by atoms with Crippen LogP contribution in [0.4, 0.5) is 11.4 Å². The summed E-state index contributed by atoms with van der Waals surface area (Å²) < 4.78 is 31.7. The van der Waals surface area contributed by atoms with Crippen LogP contribution < -0.4 is 14.4 Å². The lowest BCUT2D eigenvalue weighted by molar-refractivity contribution is -0.122. The van der Waals surface area contributed by atoms with Crippen LogP contribution in [0.15, 0.2) is 47.4 Å². The van der Waals surface area contributed by atoms with Crippen molar-refractivity contribution in [2.75, 3.05) is 28.7 Å². The molecular weight excluding hydrogens is 384 g/mol. The van der Waals surface area contributed by atoms with Gasteiger partial charge in [0.2, 0.25) is 10.0 Å². The summed E-state index contributed by atoms with van der Waals surface area (Å²) in [7, 11) is -3.48. The number of carbonyl (C=O) groups is 1. The average molecular weight is 407 g/mol. The maximum Gasteiger partial charge on any atom is 0.265 e. The standard InChI is InChI=1S/C19H22N2O4S2/c1-13-8-9-16-15(12-13)21(27(3,23)24)11-10-17(25-16)19(22)20-14-6-4-5-7-18(14)26-2/h4-9,12,17H,10-11H2,1-3H3,(H,20,22)/t17-/m1/s1. The van der Waals surface area contributed by atoms with E-state index in [0.29, 0.717) is 17.1 Å². The van der Waals surface area contributed by atoms with Crippen molar-refractivity contribution in [2.45, 2.75) is 24.3 Å². The minimum absolute atomic E-state index is 0.178. The molecular formula is C19H22N2O4S2. The quantitative estimate of drug-likeness (QED) is 0.789. The minimum Gasteiger partial charge on any atom is -0.478 e. The Bertz CT molecular complexity index is 960. The number of anilines is 2. The van der Waals surface area contributed by atoms with Crippen LogP contribution in [-0.2, 0) is 14.8 Å². The van der Waals surface area contributed by atoms with E-state index in [-0.39, 0.29) is 18.9 Å². The summed E-state index contributed by atoms with van der Waals surface area (Å²) in [6, 6.07) is 12.8. The number of nitrogens with zero attached hydrogens (tertiary/aromatic N) is 1. The van der Waals surface area contributed by atoms with Crippen LogP contribution in [0.3, 0.4) is 0 Å². The van der Waals surface area contributed by atoms with Gasteiger partial charge >= 0.3 is 0 Å². The minimum atomic E-state index is -3.48. The molecule has 27 heavy (non-hydrogen) atoms. The van der Waals surface area contributed by atoms with Gasteiger partial charge in [-0.3, -0.25) is 9.10 Å². The zero-order valence-electron chi connectivity index (χ0n) is 15.4. The molecule has 1 heterocycles. The van der Waals surface area contributed by atoms with Crippen LogP contribution in [-0.4, -0.2) is 39.5 Å². The maximum atomic E-state index is 12.8. The number of hydrogen-bond donors (Lipinski definition) is 1. The smallest absolute Gasteiger partial charge is 0.265 e. The van der Waals surface area contributed by atoms with Crippen LogP contribution in [0.25, 0.3) is 0 Å². The van der Waals surface area contributed by atoms with Gasteiger partial charge in [0.05, 0.1) is 17.6 Å². The maximum absolute atomic E-state index is 12.8. The fraction of sp³-hybridized carbons (Fsp3) is 0.316. The Balaban J connectivity index is 1.89. The Morgan fingerprint density at radius 3 is 2.70 bits per heavy atom. The molecule has 0 spiro atoms. The van der Waals surface area contributed by atoms with Crippen LogP contribution in [0.1, 0.15) is 12.0 Å². The Kier molecular flexibility index (Phi) is 5.67. The van der Waals surface area contributed by atoms with Crippen molar-refractivity contribution in [3.8, 4) is 5.75 Å². The number of thioether (sulfide) groups is 1. The van der Waals surface area contributed by atoms with E-state index in [0.717, 1.165) is 16.7 Å². The first-order valence-corrected chi connectivity index (χ1v) is 11.6. The molecule has 8 heteroatoms. The predicted molar refractivity (Wildman–Crippen MR) is 109 cm³/mol. The van der Waals surface area contributed by atoms with Crippen LogP contribution >= 0.6 is 11.8 Å². The number of fused-ring (bicyclic) bond motifs is 1. The normalized spacial score (nSPS) is 16.9. The van der Waals surface area contributed by atoms with E-state index in [1.807, 2.05) is 43.5 Å². The molecule has 1 aliphatic rings. The molecule has 0 fully saturated rings. The Labute approximate surface area is 164 Å². The van der Waals surface area contributed by atoms with Crippen molar-refractivity contribution in [1.82, 2.24) is 0 Å². The SMILES string of the molecule is CSc1ccccc1NC(=O)[C@H]1CCN(S(C)(=O)=O)c2cc(C)ccc2O1. The van der Waals surface area contributed by atoms with E-state index in [9.17, 15) is 13.2 Å². The fourth-order valence-electron chi connectivity index (χ4n) is 2.98. The molecule has 1 aliphatic heterocycles. The van der Waals surface area contributed by atoms with Crippen molar-refractivity contribution in [2.24, 2.45) is 0 Å². The molecule has 0 unspecified atom stereocenters. The average Bonchev–Trinajstić information content (AvgIpc) is 2.81. The molecule has 3 rings (SSSR count). The lowest BCUT2D eigenvalue weighted by Gasteiger charge is -2.21. The second-order valence-corrected chi connectivity index (χ2v) is 9.15. The summed E-state index contributed by atoms with van der Waals surface area (Å²) in [5.74, 6) is 0.0974. The molecule has 0 bridgehead atoms. The highest BCUT2D eigenvalue weighted by Crippen LogP contribution is 2.35. The number of rotatable bonds is 4. The molecule has 0 radical (unpaired) electrons. The highest BCUT2D eigenvalue weighted by molar-refractivity contribution is 7.98. The molecule has 6 nitrogen and oxygen atoms in total. The Hall–Kier alpha value is -2.19. The molecule has 144 valence electrons. The third-order valence-corrected chi connectivity index (χ3v) is 6.28. The molecule has 1 atom stereocenters. The van der Waals surface area contributed by atoms with Gasteiger partial charge in [0, 0.05) is 17.9 Å². The second kappa shape index (κ2) is 7.82. The molecule has 0 saturated heterocycles. The van der Waals surface area contributed by atoms with E-state index in [1.54, 1.807) is 12.1 Å². The summed E-state index contributed by atoms with van der Waals surface area (Å²) in [5.41, 5.74) is 2.10. The number of benzene rings is 2. The van der Waals surface area contributed by atoms with E-state index in [1.165, 1.54) is 16.1 Å². The summed E-state index contributed by atoms with van der Waals surface area (Å²) >= 11 is 1.54. The summed E-state index contributed by atoms with van der Waals surface area (Å²) in [4.78, 5) is 13.8. The van der Waals surface area contributed by atoms with Crippen molar-refractivity contribution < 1.29 is 17.9 Å². The first-order valence-electron chi connectivity index (χ1n) is 8.48. The number of carbonyl (C=O) groups excluding carboxylic acids is 1. The van der Waals surface area contributed by atoms with Gasteiger partial charge in [-0.1, -0.05) is 18.2 Å². The third-order valence-electron chi connectivity index (χ3n) is 4.30. The van der Waals surface area contributed by atoms with E-state index in [2.05, 4.69) is 5.32 Å². The van der Waals surface area contributed by atoms with Gasteiger partial charge in [-0.15, -0.1) is 11.8 Å². The van der Waals surface area contributed by atoms with E-state index < -0.39 is 16.1 Å². The van der Waals surface area contributed by atoms with Gasteiger partial charge in [-0.2, -0.15) is 0 Å². The number of nitrogens with one attached hydrogen (secondary N) is 1. The van der Waals surface area contributed by atoms with E-state index in [4.69, 9.17) is 4.74 Å². The zero-order chi connectivity index (χ0) is 19.6. The summed E-state index contributed by atoms with van der Waals surface area (Å²) in [6.45, 7) is 2.06. The largest absolute Gasteiger partial charge is 0.478 e. The van der Waals surface area contributed by atoms with Crippen LogP contribution in [0.2, 0.25) is 0 Å². The van der Waals surface area contributed by atoms with Crippen molar-refractivity contribution in [3.05, 3.63) is 48.0 Å². The van der Waals surface area contributed by atoms with Gasteiger partial charge in [-0.05, 0) is 43.0 Å². The first kappa shape index (κ1) is 19.6. The molecule has 1 amide bonds. The van der Waals surface area contributed by atoms with E-state index >= 15 is 0 Å². The number of aryl methyl sites for hydroxylation is 1. The molecule has 1 N–H and O–H groups in total. The van der Waals surface area contributed by atoms with Crippen molar-refractivity contribution in [1.29, 1.82) is 0 Å². The molecule has 2 aromatic rings. The topological polar surface area (TPSA) is 75.7 Å². The number of sulfonamides is 1. The fourth-order valence-corrected chi connectivity index (χ4v) is 4.47. The van der Waals surface area contributed by atoms with Gasteiger partial charge in [0.1, 0.15) is 5.75 Å². The zero-order valence-corrected chi connectivity index (χ0v) is 17.1. The number of para-hydroxylation sites is 1. The Morgan fingerprint density at radius 2 is 2.00 bits per heavy atom. The summed E-state index contributed by atoms with van der Waals surface area (Å²) in [6.07, 6.45) is 2.57. The monoisotopic (exact) mass is 406 g/mol. The first-order chi connectivity index (χ1) is 12.8. The summed E-state index contributed by atoms with van der Waals surface area (Å²) in [5, 5.41) is 2.90. The number of ether oxygens (including phenoxy) is 1. The highest BCUT2D eigenvalue weighted by Gasteiger charge is 2.31. The number of amides is 1. The lowest BCUT2D eigenvalue weighted by Crippen LogP contribution is -2.36. The van der Waals surface area contributed by atoms with Crippen molar-refractivity contribution >= 4 is 39.1 Å².